The highest BCUT2D eigenvalue weighted by Crippen LogP contribution is 2.28. The lowest BCUT2D eigenvalue weighted by molar-refractivity contribution is 0.0951. The Morgan fingerprint density at radius 3 is 3.09 bits per heavy atom. The summed E-state index contributed by atoms with van der Waals surface area (Å²) < 4.78 is 5.23. The van der Waals surface area contributed by atoms with E-state index in [0.717, 1.165) is 12.1 Å². The molecule has 8 heteroatoms. The van der Waals surface area contributed by atoms with E-state index in [1.807, 2.05) is 6.07 Å². The van der Waals surface area contributed by atoms with E-state index >= 15 is 0 Å². The van der Waals surface area contributed by atoms with Crippen LogP contribution < -0.4 is 5.32 Å². The van der Waals surface area contributed by atoms with Gasteiger partial charge in [-0.3, -0.25) is 9.78 Å². The molecule has 1 N–H and O–H groups in total. The van der Waals surface area contributed by atoms with Crippen molar-refractivity contribution in [2.75, 3.05) is 6.54 Å². The highest BCUT2D eigenvalue weighted by Gasteiger charge is 2.23. The van der Waals surface area contributed by atoms with Crippen LogP contribution in [0.15, 0.2) is 34.4 Å². The number of carbonyl (C=O) groups excluding carboxylic acids is 1. The Morgan fingerprint density at radius 1 is 1.39 bits per heavy atom. The van der Waals surface area contributed by atoms with E-state index in [2.05, 4.69) is 25.4 Å². The van der Waals surface area contributed by atoms with Crippen LogP contribution >= 0.6 is 11.3 Å². The second-order valence-corrected chi connectivity index (χ2v) is 6.21. The van der Waals surface area contributed by atoms with Gasteiger partial charge < -0.3 is 9.84 Å². The van der Waals surface area contributed by atoms with Gasteiger partial charge in [-0.05, 0) is 30.9 Å². The van der Waals surface area contributed by atoms with Crippen LogP contribution in [0.2, 0.25) is 0 Å². The topological polar surface area (TPSA) is 93.8 Å². The van der Waals surface area contributed by atoms with E-state index in [4.69, 9.17) is 4.52 Å². The summed E-state index contributed by atoms with van der Waals surface area (Å²) in [5.74, 6) is 1.22. The number of rotatable bonds is 5. The number of aromatic nitrogens is 4. The summed E-state index contributed by atoms with van der Waals surface area (Å²) in [4.78, 5) is 24.6. The van der Waals surface area contributed by atoms with Crippen LogP contribution in [0.25, 0.3) is 23.0 Å². The number of hydrogen-bond donors (Lipinski definition) is 1. The number of hydrogen-bond acceptors (Lipinski definition) is 7. The van der Waals surface area contributed by atoms with E-state index in [0.29, 0.717) is 28.3 Å². The van der Waals surface area contributed by atoms with E-state index in [9.17, 15) is 4.79 Å². The molecule has 7 nitrogen and oxygen atoms in total. The summed E-state index contributed by atoms with van der Waals surface area (Å²) in [6, 6.07) is 3.65. The van der Waals surface area contributed by atoms with E-state index < -0.39 is 0 Å². The monoisotopic (exact) mass is 327 g/mol. The maximum absolute atomic E-state index is 12.0. The van der Waals surface area contributed by atoms with E-state index in [-0.39, 0.29) is 5.91 Å². The summed E-state index contributed by atoms with van der Waals surface area (Å²) in [5, 5.41) is 8.96. The fraction of sp³-hybridized carbons (Fsp3) is 0.267. The van der Waals surface area contributed by atoms with Gasteiger partial charge in [-0.1, -0.05) is 5.16 Å². The van der Waals surface area contributed by atoms with Gasteiger partial charge in [0.1, 0.15) is 5.69 Å². The first-order valence-electron chi connectivity index (χ1n) is 7.28. The molecule has 0 atom stereocenters. The molecule has 0 radical (unpaired) electrons. The molecule has 0 aliphatic heterocycles. The van der Waals surface area contributed by atoms with Crippen molar-refractivity contribution in [2.45, 2.75) is 12.8 Å². The highest BCUT2D eigenvalue weighted by atomic mass is 32.1. The molecule has 23 heavy (non-hydrogen) atoms. The molecule has 0 spiro atoms. The molecular weight excluding hydrogens is 314 g/mol. The molecule has 1 aliphatic rings. The molecule has 1 aliphatic carbocycles. The smallest absolute Gasteiger partial charge is 0.280 e. The third kappa shape index (κ3) is 3.11. The predicted octanol–water partition coefficient (Wildman–Crippen LogP) is 2.39. The second kappa shape index (κ2) is 5.88. The minimum Gasteiger partial charge on any atom is -0.350 e. The molecular formula is C15H13N5O2S. The minimum absolute atomic E-state index is 0.153. The fourth-order valence-electron chi connectivity index (χ4n) is 2.05. The van der Waals surface area contributed by atoms with Crippen molar-refractivity contribution in [3.63, 3.8) is 0 Å². The van der Waals surface area contributed by atoms with Gasteiger partial charge in [0.15, 0.2) is 5.01 Å². The lowest BCUT2D eigenvalue weighted by Gasteiger charge is -1.99. The average molecular weight is 327 g/mol. The lowest BCUT2D eigenvalue weighted by Crippen LogP contribution is -2.25. The first-order chi connectivity index (χ1) is 11.3. The molecule has 3 aromatic rings. The molecule has 4 rings (SSSR count). The molecule has 1 saturated carbocycles. The maximum atomic E-state index is 12.0. The fourth-order valence-corrected chi connectivity index (χ4v) is 2.76. The van der Waals surface area contributed by atoms with E-state index in [1.54, 1.807) is 23.8 Å². The molecule has 0 saturated heterocycles. The number of carbonyl (C=O) groups is 1. The quantitative estimate of drug-likeness (QED) is 0.773. The molecule has 116 valence electrons. The number of thiazole rings is 1. The molecule has 0 bridgehead atoms. The van der Waals surface area contributed by atoms with Crippen molar-refractivity contribution in [3.05, 3.63) is 34.9 Å². The summed E-state index contributed by atoms with van der Waals surface area (Å²) >= 11 is 1.27. The van der Waals surface area contributed by atoms with Crippen LogP contribution in [-0.4, -0.2) is 32.6 Å². The maximum Gasteiger partial charge on any atom is 0.280 e. The van der Waals surface area contributed by atoms with Gasteiger partial charge in [-0.25, -0.2) is 4.98 Å². The van der Waals surface area contributed by atoms with Crippen molar-refractivity contribution >= 4 is 17.2 Å². The van der Waals surface area contributed by atoms with Gasteiger partial charge in [0.05, 0.1) is 0 Å². The van der Waals surface area contributed by atoms with Crippen molar-refractivity contribution in [2.24, 2.45) is 5.92 Å². The average Bonchev–Trinajstić information content (AvgIpc) is 3.09. The van der Waals surface area contributed by atoms with Crippen LogP contribution in [0.3, 0.4) is 0 Å². The Kier molecular flexibility index (Phi) is 3.58. The Balaban J connectivity index is 1.50. The van der Waals surface area contributed by atoms with Gasteiger partial charge in [0.2, 0.25) is 5.82 Å². The third-order valence-electron chi connectivity index (χ3n) is 3.51. The van der Waals surface area contributed by atoms with Gasteiger partial charge in [-0.2, -0.15) is 4.98 Å². The summed E-state index contributed by atoms with van der Waals surface area (Å²) in [6.45, 7) is 0.722. The standard InChI is InChI=1S/C15H13N5O2S/c21-13(17-6-9-3-4-9)15-18-11(8-23-15)14-19-12(20-22-14)10-2-1-5-16-7-10/h1-2,5,7-9H,3-4,6H2,(H,17,21). The number of nitrogens with one attached hydrogen (secondary N) is 1. The Hall–Kier alpha value is -2.61. The van der Waals surface area contributed by atoms with Crippen molar-refractivity contribution < 1.29 is 9.32 Å². The number of pyridine rings is 1. The zero-order valence-electron chi connectivity index (χ0n) is 12.1. The first kappa shape index (κ1) is 14.0. The van der Waals surface area contributed by atoms with Crippen LogP contribution in [0.4, 0.5) is 0 Å². The van der Waals surface area contributed by atoms with Crippen molar-refractivity contribution in [1.82, 2.24) is 25.4 Å². The van der Waals surface area contributed by atoms with Gasteiger partial charge in [-0.15, -0.1) is 11.3 Å². The van der Waals surface area contributed by atoms with Crippen LogP contribution in [0.5, 0.6) is 0 Å². The van der Waals surface area contributed by atoms with Crippen LogP contribution in [0.1, 0.15) is 22.6 Å². The normalized spacial score (nSPS) is 13.9. The largest absolute Gasteiger partial charge is 0.350 e. The molecule has 0 unspecified atom stereocenters. The van der Waals surface area contributed by atoms with Crippen molar-refractivity contribution in [3.8, 4) is 23.0 Å². The highest BCUT2D eigenvalue weighted by molar-refractivity contribution is 7.12. The number of nitrogens with zero attached hydrogens (tertiary/aromatic N) is 4. The summed E-state index contributed by atoms with van der Waals surface area (Å²) in [5.41, 5.74) is 1.27. The molecule has 1 amide bonds. The second-order valence-electron chi connectivity index (χ2n) is 5.36. The van der Waals surface area contributed by atoms with Gasteiger partial charge >= 0.3 is 0 Å². The predicted molar refractivity (Wildman–Crippen MR) is 83.7 cm³/mol. The molecule has 3 aromatic heterocycles. The summed E-state index contributed by atoms with van der Waals surface area (Å²) in [6.07, 6.45) is 5.73. The van der Waals surface area contributed by atoms with Crippen LogP contribution in [-0.2, 0) is 0 Å². The Bertz CT molecular complexity index is 825. The van der Waals surface area contributed by atoms with Crippen molar-refractivity contribution in [1.29, 1.82) is 0 Å². The molecule has 1 fully saturated rings. The summed E-state index contributed by atoms with van der Waals surface area (Å²) in [7, 11) is 0. The first-order valence-corrected chi connectivity index (χ1v) is 8.16. The van der Waals surface area contributed by atoms with Crippen LogP contribution in [0, 0.1) is 5.92 Å². The Morgan fingerprint density at radius 2 is 2.30 bits per heavy atom. The third-order valence-corrected chi connectivity index (χ3v) is 4.35. The minimum atomic E-state index is -0.153. The molecule has 0 aromatic carbocycles. The van der Waals surface area contributed by atoms with E-state index in [1.165, 1.54) is 24.2 Å². The van der Waals surface area contributed by atoms with Gasteiger partial charge in [0.25, 0.3) is 11.8 Å². The van der Waals surface area contributed by atoms with Gasteiger partial charge in [0, 0.05) is 29.9 Å². The zero-order chi connectivity index (χ0) is 15.6. The SMILES string of the molecule is O=C(NCC1CC1)c1nc(-c2nc(-c3cccnc3)no2)cs1. The molecule has 3 heterocycles. The Labute approximate surface area is 135 Å². The zero-order valence-corrected chi connectivity index (χ0v) is 12.9. The number of amides is 1. The lowest BCUT2D eigenvalue weighted by atomic mass is 10.3.